The van der Waals surface area contributed by atoms with Crippen molar-refractivity contribution in [3.8, 4) is 17.2 Å². The Balaban J connectivity index is 1.19. The van der Waals surface area contributed by atoms with Crippen LogP contribution < -0.4 is 4.90 Å². The molecule has 0 bridgehead atoms. The smallest absolute Gasteiger partial charge is 0.260 e. The van der Waals surface area contributed by atoms with Crippen LogP contribution >= 0.6 is 0 Å². The van der Waals surface area contributed by atoms with Gasteiger partial charge in [-0.3, -0.25) is 9.69 Å². The first kappa shape index (κ1) is 17.8. The van der Waals surface area contributed by atoms with Crippen molar-refractivity contribution in [2.24, 2.45) is 0 Å². The fraction of sp³-hybridized carbons (Fsp3) is 0.304. The van der Waals surface area contributed by atoms with Crippen LogP contribution in [0, 0.1) is 0 Å². The predicted molar refractivity (Wildman–Crippen MR) is 115 cm³/mol. The van der Waals surface area contributed by atoms with Crippen LogP contribution in [-0.4, -0.2) is 40.6 Å². The van der Waals surface area contributed by atoms with Crippen molar-refractivity contribution in [2.45, 2.75) is 44.2 Å². The molecule has 158 valence electrons. The summed E-state index contributed by atoms with van der Waals surface area (Å²) < 4.78 is 3.83. The molecule has 4 heterocycles. The van der Waals surface area contributed by atoms with Crippen LogP contribution in [0.2, 0.25) is 0 Å². The molecule has 9 nitrogen and oxygen atoms in total. The maximum atomic E-state index is 13.3. The molecule has 32 heavy (non-hydrogen) atoms. The molecule has 1 aliphatic heterocycles. The second kappa shape index (κ2) is 6.56. The number of amides is 1. The van der Waals surface area contributed by atoms with E-state index in [-0.39, 0.29) is 5.91 Å². The molecule has 3 aliphatic rings. The van der Waals surface area contributed by atoms with Crippen LogP contribution in [0.25, 0.3) is 17.2 Å². The van der Waals surface area contributed by atoms with Gasteiger partial charge in [-0.15, -0.1) is 15.3 Å². The van der Waals surface area contributed by atoms with Gasteiger partial charge < -0.3 is 4.57 Å². The topological polar surface area (TPSA) is 94.6 Å². The fourth-order valence-electron chi connectivity index (χ4n) is 4.33. The summed E-state index contributed by atoms with van der Waals surface area (Å²) in [7, 11) is 0. The molecule has 0 atom stereocenters. The average molecular weight is 424 g/mol. The SMILES string of the molecule is O=C1c2cc(-n3cc(C4CC4)nn3)ccc2CN1c1cccc(-c2nncn2C2CC2)n1. The van der Waals surface area contributed by atoms with Gasteiger partial charge in [0.25, 0.3) is 5.91 Å². The number of aromatic nitrogens is 7. The second-order valence-electron chi connectivity index (χ2n) is 8.77. The number of hydrogen-bond donors (Lipinski definition) is 0. The molecule has 0 spiro atoms. The molecule has 2 aliphatic carbocycles. The van der Waals surface area contributed by atoms with E-state index in [4.69, 9.17) is 4.98 Å². The highest BCUT2D eigenvalue weighted by Crippen LogP contribution is 2.39. The number of nitrogens with zero attached hydrogens (tertiary/aromatic N) is 8. The first-order chi connectivity index (χ1) is 15.7. The number of hydrogen-bond acceptors (Lipinski definition) is 6. The largest absolute Gasteiger partial charge is 0.309 e. The second-order valence-corrected chi connectivity index (χ2v) is 8.77. The van der Waals surface area contributed by atoms with Gasteiger partial charge in [0.2, 0.25) is 0 Å². The lowest BCUT2D eigenvalue weighted by Gasteiger charge is -2.15. The van der Waals surface area contributed by atoms with E-state index in [0.717, 1.165) is 41.3 Å². The van der Waals surface area contributed by atoms with E-state index in [2.05, 4.69) is 25.1 Å². The van der Waals surface area contributed by atoms with Crippen molar-refractivity contribution < 1.29 is 4.79 Å². The summed E-state index contributed by atoms with van der Waals surface area (Å²) in [5.74, 6) is 1.85. The van der Waals surface area contributed by atoms with Gasteiger partial charge in [0.15, 0.2) is 5.82 Å². The monoisotopic (exact) mass is 424 g/mol. The highest BCUT2D eigenvalue weighted by molar-refractivity contribution is 6.09. The highest BCUT2D eigenvalue weighted by Gasteiger charge is 2.32. The number of anilines is 1. The molecule has 2 saturated carbocycles. The lowest BCUT2D eigenvalue weighted by Crippen LogP contribution is -2.24. The Morgan fingerprint density at radius 2 is 1.91 bits per heavy atom. The van der Waals surface area contributed by atoms with Gasteiger partial charge in [-0.25, -0.2) is 9.67 Å². The Morgan fingerprint density at radius 3 is 2.75 bits per heavy atom. The third kappa shape index (κ3) is 2.84. The first-order valence-electron chi connectivity index (χ1n) is 11.0. The highest BCUT2D eigenvalue weighted by atomic mass is 16.2. The zero-order valence-corrected chi connectivity index (χ0v) is 17.3. The van der Waals surface area contributed by atoms with E-state index in [0.29, 0.717) is 29.9 Å². The van der Waals surface area contributed by atoms with Gasteiger partial charge in [-0.2, -0.15) is 0 Å². The number of carbonyl (C=O) groups excluding carboxylic acids is 1. The quantitative estimate of drug-likeness (QED) is 0.488. The lowest BCUT2D eigenvalue weighted by molar-refractivity contribution is 0.0996. The van der Waals surface area contributed by atoms with E-state index in [1.807, 2.05) is 42.6 Å². The summed E-state index contributed by atoms with van der Waals surface area (Å²) in [5.41, 5.74) is 4.26. The van der Waals surface area contributed by atoms with Crippen molar-refractivity contribution in [2.75, 3.05) is 4.90 Å². The summed E-state index contributed by atoms with van der Waals surface area (Å²) in [4.78, 5) is 19.8. The summed E-state index contributed by atoms with van der Waals surface area (Å²) in [6.07, 6.45) is 8.37. The van der Waals surface area contributed by atoms with Crippen LogP contribution in [0.5, 0.6) is 0 Å². The summed E-state index contributed by atoms with van der Waals surface area (Å²) >= 11 is 0. The zero-order chi connectivity index (χ0) is 21.2. The molecule has 1 aromatic carbocycles. The molecule has 9 heteroatoms. The molecular formula is C23H20N8O. The molecule has 3 aromatic heterocycles. The standard InChI is InChI=1S/C23H20N8O/c32-23-18-10-17(31-12-20(26-28-31)14-4-5-14)7-6-15(18)11-29(23)21-3-1-2-19(25-21)22-27-24-13-30(22)16-8-9-16/h1-3,6-7,10,12-14,16H,4-5,8-9,11H2. The van der Waals surface area contributed by atoms with Crippen LogP contribution in [0.1, 0.15) is 59.3 Å². The minimum Gasteiger partial charge on any atom is -0.309 e. The zero-order valence-electron chi connectivity index (χ0n) is 17.3. The predicted octanol–water partition coefficient (Wildman–Crippen LogP) is 3.29. The molecule has 7 rings (SSSR count). The Bertz CT molecular complexity index is 1360. The van der Waals surface area contributed by atoms with Crippen molar-refractivity contribution >= 4 is 11.7 Å². The Hall–Kier alpha value is -3.88. The Labute approximate surface area is 183 Å². The molecular weight excluding hydrogens is 404 g/mol. The van der Waals surface area contributed by atoms with E-state index in [1.54, 1.807) is 15.9 Å². The van der Waals surface area contributed by atoms with Crippen molar-refractivity contribution in [1.29, 1.82) is 0 Å². The van der Waals surface area contributed by atoms with E-state index < -0.39 is 0 Å². The maximum absolute atomic E-state index is 13.3. The van der Waals surface area contributed by atoms with Crippen molar-refractivity contribution in [3.63, 3.8) is 0 Å². The van der Waals surface area contributed by atoms with Crippen LogP contribution in [0.4, 0.5) is 5.82 Å². The van der Waals surface area contributed by atoms with E-state index in [9.17, 15) is 4.79 Å². The maximum Gasteiger partial charge on any atom is 0.260 e. The van der Waals surface area contributed by atoms with Crippen molar-refractivity contribution in [1.82, 2.24) is 34.7 Å². The minimum absolute atomic E-state index is 0.0577. The number of fused-ring (bicyclic) bond motifs is 1. The molecule has 0 radical (unpaired) electrons. The Kier molecular flexibility index (Phi) is 3.64. The lowest BCUT2D eigenvalue weighted by atomic mass is 10.1. The molecule has 0 N–H and O–H groups in total. The molecule has 1 amide bonds. The average Bonchev–Trinajstić information content (AvgIpc) is 3.73. The molecule has 4 aromatic rings. The summed E-state index contributed by atoms with van der Waals surface area (Å²) in [5, 5.41) is 16.9. The molecule has 0 unspecified atom stereocenters. The van der Waals surface area contributed by atoms with E-state index >= 15 is 0 Å². The molecule has 2 fully saturated rings. The van der Waals surface area contributed by atoms with Gasteiger partial charge in [0.1, 0.15) is 17.8 Å². The van der Waals surface area contributed by atoms with Crippen LogP contribution in [0.3, 0.4) is 0 Å². The fourth-order valence-corrected chi connectivity index (χ4v) is 4.33. The third-order valence-electron chi connectivity index (χ3n) is 6.42. The van der Waals surface area contributed by atoms with Crippen LogP contribution in [-0.2, 0) is 6.54 Å². The van der Waals surface area contributed by atoms with Gasteiger partial charge in [0.05, 0.1) is 24.1 Å². The third-order valence-corrected chi connectivity index (χ3v) is 6.42. The van der Waals surface area contributed by atoms with E-state index in [1.165, 1.54) is 12.8 Å². The first-order valence-corrected chi connectivity index (χ1v) is 11.0. The minimum atomic E-state index is -0.0577. The van der Waals surface area contributed by atoms with Gasteiger partial charge in [-0.05, 0) is 55.5 Å². The number of rotatable bonds is 5. The number of benzene rings is 1. The number of pyridine rings is 1. The van der Waals surface area contributed by atoms with Crippen molar-refractivity contribution in [3.05, 3.63) is 65.7 Å². The summed E-state index contributed by atoms with van der Waals surface area (Å²) in [6.45, 7) is 0.491. The Morgan fingerprint density at radius 1 is 1.00 bits per heavy atom. The van der Waals surface area contributed by atoms with Gasteiger partial charge in [-0.1, -0.05) is 17.3 Å². The number of carbonyl (C=O) groups is 1. The summed E-state index contributed by atoms with van der Waals surface area (Å²) in [6, 6.07) is 12.0. The normalized spacial score (nSPS) is 17.8. The molecule has 0 saturated heterocycles. The van der Waals surface area contributed by atoms with Gasteiger partial charge in [0, 0.05) is 17.5 Å². The van der Waals surface area contributed by atoms with Crippen LogP contribution in [0.15, 0.2) is 48.9 Å². The van der Waals surface area contributed by atoms with Gasteiger partial charge >= 0.3 is 0 Å².